The number of carbonyl (C=O) groups excluding carboxylic acids is 1. The van der Waals surface area contributed by atoms with Crippen LogP contribution in [-0.2, 0) is 4.79 Å². The molecule has 5 heteroatoms. The molecule has 1 saturated carbocycles. The summed E-state index contributed by atoms with van der Waals surface area (Å²) in [6.45, 7) is 1.99. The maximum atomic E-state index is 11.2. The fourth-order valence-corrected chi connectivity index (χ4v) is 1.19. The number of guanidine groups is 1. The molecule has 0 unspecified atom stereocenters. The van der Waals surface area contributed by atoms with E-state index in [4.69, 9.17) is 0 Å². The quantitative estimate of drug-likeness (QED) is 0.514. The Labute approximate surface area is 77.0 Å². The minimum atomic E-state index is 0.0545. The molecular weight excluding hydrogens is 168 g/mol. The molecule has 0 saturated heterocycles. The summed E-state index contributed by atoms with van der Waals surface area (Å²) in [5, 5.41) is 8.87. The highest BCUT2D eigenvalue weighted by molar-refractivity contribution is 5.87. The average Bonchev–Trinajstić information content (AvgIpc) is 2.78. The van der Waals surface area contributed by atoms with Crippen molar-refractivity contribution in [1.82, 2.24) is 16.0 Å². The second-order valence-electron chi connectivity index (χ2n) is 3.35. The van der Waals surface area contributed by atoms with Crippen LogP contribution >= 0.6 is 0 Å². The van der Waals surface area contributed by atoms with Crippen LogP contribution in [0.5, 0.6) is 0 Å². The third-order valence-electron chi connectivity index (χ3n) is 2.03. The molecular formula is C8H14N4O. The zero-order valence-electron chi connectivity index (χ0n) is 7.47. The summed E-state index contributed by atoms with van der Waals surface area (Å²) in [6.07, 6.45) is 2.26. The molecule has 5 nitrogen and oxygen atoms in total. The van der Waals surface area contributed by atoms with Crippen LogP contribution in [0.1, 0.15) is 12.8 Å². The molecule has 1 aliphatic carbocycles. The normalized spacial score (nSPS) is 20.5. The van der Waals surface area contributed by atoms with Crippen LogP contribution in [-0.4, -0.2) is 37.5 Å². The number of rotatable bonds is 3. The molecule has 1 fully saturated rings. The van der Waals surface area contributed by atoms with Gasteiger partial charge in [0, 0.05) is 12.6 Å². The highest BCUT2D eigenvalue weighted by Gasteiger charge is 2.23. The van der Waals surface area contributed by atoms with Crippen LogP contribution < -0.4 is 16.0 Å². The first kappa shape index (κ1) is 8.34. The van der Waals surface area contributed by atoms with Crippen molar-refractivity contribution < 1.29 is 4.79 Å². The highest BCUT2D eigenvalue weighted by Crippen LogP contribution is 2.18. The summed E-state index contributed by atoms with van der Waals surface area (Å²) in [5.41, 5.74) is 0. The molecule has 2 rings (SSSR count). The van der Waals surface area contributed by atoms with Crippen molar-refractivity contribution in [1.29, 1.82) is 0 Å². The summed E-state index contributed by atoms with van der Waals surface area (Å²) in [6, 6.07) is 0.438. The van der Waals surface area contributed by atoms with Gasteiger partial charge in [0.15, 0.2) is 5.96 Å². The monoisotopic (exact) mass is 182 g/mol. The molecule has 72 valence electrons. The first-order valence-electron chi connectivity index (χ1n) is 4.66. The van der Waals surface area contributed by atoms with E-state index in [0.29, 0.717) is 12.6 Å². The zero-order valence-corrected chi connectivity index (χ0v) is 7.47. The SMILES string of the molecule is O=C(CNC1=NCCN1)NC1CC1. The first-order chi connectivity index (χ1) is 6.34. The molecule has 0 bridgehead atoms. The van der Waals surface area contributed by atoms with Gasteiger partial charge in [-0.3, -0.25) is 9.79 Å². The Morgan fingerprint density at radius 1 is 1.62 bits per heavy atom. The van der Waals surface area contributed by atoms with Gasteiger partial charge in [0.05, 0.1) is 13.1 Å². The Bertz CT molecular complexity index is 234. The lowest BCUT2D eigenvalue weighted by Crippen LogP contribution is -2.41. The summed E-state index contributed by atoms with van der Waals surface area (Å²) >= 11 is 0. The Morgan fingerprint density at radius 3 is 3.08 bits per heavy atom. The van der Waals surface area contributed by atoms with E-state index in [0.717, 1.165) is 31.9 Å². The van der Waals surface area contributed by atoms with Crippen LogP contribution in [0.4, 0.5) is 0 Å². The van der Waals surface area contributed by atoms with E-state index in [9.17, 15) is 4.79 Å². The van der Waals surface area contributed by atoms with E-state index in [1.807, 2.05) is 0 Å². The van der Waals surface area contributed by atoms with Crippen molar-refractivity contribution in [2.75, 3.05) is 19.6 Å². The van der Waals surface area contributed by atoms with E-state index in [1.165, 1.54) is 0 Å². The fraction of sp³-hybridized carbons (Fsp3) is 0.750. The molecule has 2 aliphatic rings. The maximum absolute atomic E-state index is 11.2. The van der Waals surface area contributed by atoms with E-state index in [-0.39, 0.29) is 5.91 Å². The number of aliphatic imine (C=N–C) groups is 1. The third-order valence-corrected chi connectivity index (χ3v) is 2.03. The van der Waals surface area contributed by atoms with Crippen LogP contribution in [0, 0.1) is 0 Å². The summed E-state index contributed by atoms with van der Waals surface area (Å²) in [5.74, 6) is 0.796. The summed E-state index contributed by atoms with van der Waals surface area (Å²) < 4.78 is 0. The number of hydrogen-bond acceptors (Lipinski definition) is 4. The molecule has 0 spiro atoms. The topological polar surface area (TPSA) is 65.5 Å². The summed E-state index contributed by atoms with van der Waals surface area (Å²) in [7, 11) is 0. The molecule has 1 amide bonds. The minimum Gasteiger partial charge on any atom is -0.355 e. The zero-order chi connectivity index (χ0) is 9.10. The molecule has 0 aromatic heterocycles. The van der Waals surface area contributed by atoms with Gasteiger partial charge in [0.2, 0.25) is 5.91 Å². The van der Waals surface area contributed by atoms with Gasteiger partial charge in [0.25, 0.3) is 0 Å². The molecule has 0 radical (unpaired) electrons. The molecule has 0 aromatic carbocycles. The Balaban J connectivity index is 1.62. The highest BCUT2D eigenvalue weighted by atomic mass is 16.2. The van der Waals surface area contributed by atoms with Gasteiger partial charge < -0.3 is 16.0 Å². The molecule has 3 N–H and O–H groups in total. The Morgan fingerprint density at radius 2 is 2.46 bits per heavy atom. The second kappa shape index (κ2) is 3.64. The average molecular weight is 182 g/mol. The predicted octanol–water partition coefficient (Wildman–Crippen LogP) is -1.19. The van der Waals surface area contributed by atoms with Crippen molar-refractivity contribution in [2.45, 2.75) is 18.9 Å². The van der Waals surface area contributed by atoms with Crippen molar-refractivity contribution in [2.24, 2.45) is 4.99 Å². The van der Waals surface area contributed by atoms with Crippen molar-refractivity contribution >= 4 is 11.9 Å². The molecule has 0 atom stereocenters. The lowest BCUT2D eigenvalue weighted by atomic mass is 10.5. The van der Waals surface area contributed by atoms with Crippen LogP contribution in [0.25, 0.3) is 0 Å². The molecule has 13 heavy (non-hydrogen) atoms. The summed E-state index contributed by atoms with van der Waals surface area (Å²) in [4.78, 5) is 15.3. The molecule has 0 aromatic rings. The predicted molar refractivity (Wildman–Crippen MR) is 49.5 cm³/mol. The van der Waals surface area contributed by atoms with Gasteiger partial charge in [-0.05, 0) is 12.8 Å². The van der Waals surface area contributed by atoms with Gasteiger partial charge in [-0.15, -0.1) is 0 Å². The van der Waals surface area contributed by atoms with E-state index >= 15 is 0 Å². The Kier molecular flexibility index (Phi) is 2.33. The lowest BCUT2D eigenvalue weighted by molar-refractivity contribution is -0.120. The van der Waals surface area contributed by atoms with Gasteiger partial charge in [-0.1, -0.05) is 0 Å². The van der Waals surface area contributed by atoms with Crippen molar-refractivity contribution in [3.63, 3.8) is 0 Å². The fourth-order valence-electron chi connectivity index (χ4n) is 1.19. The lowest BCUT2D eigenvalue weighted by Gasteiger charge is -2.06. The van der Waals surface area contributed by atoms with Crippen molar-refractivity contribution in [3.05, 3.63) is 0 Å². The van der Waals surface area contributed by atoms with Gasteiger partial charge in [-0.2, -0.15) is 0 Å². The standard InChI is InChI=1S/C8H14N4O/c13-7(12-6-1-2-6)5-11-8-9-3-4-10-8/h6H,1-5H2,(H,12,13)(H2,9,10,11). The van der Waals surface area contributed by atoms with E-state index in [1.54, 1.807) is 0 Å². The van der Waals surface area contributed by atoms with Crippen LogP contribution in [0.2, 0.25) is 0 Å². The van der Waals surface area contributed by atoms with Gasteiger partial charge in [0.1, 0.15) is 0 Å². The largest absolute Gasteiger partial charge is 0.355 e. The van der Waals surface area contributed by atoms with Crippen molar-refractivity contribution in [3.8, 4) is 0 Å². The first-order valence-corrected chi connectivity index (χ1v) is 4.66. The van der Waals surface area contributed by atoms with E-state index in [2.05, 4.69) is 20.9 Å². The van der Waals surface area contributed by atoms with Gasteiger partial charge >= 0.3 is 0 Å². The molecule has 1 heterocycles. The third kappa shape index (κ3) is 2.61. The van der Waals surface area contributed by atoms with Gasteiger partial charge in [-0.25, -0.2) is 0 Å². The number of nitrogens with zero attached hydrogens (tertiary/aromatic N) is 1. The van der Waals surface area contributed by atoms with Crippen LogP contribution in [0.3, 0.4) is 0 Å². The van der Waals surface area contributed by atoms with Crippen LogP contribution in [0.15, 0.2) is 4.99 Å². The minimum absolute atomic E-state index is 0.0545. The number of amides is 1. The molecule has 1 aliphatic heterocycles. The number of hydrogen-bond donors (Lipinski definition) is 3. The number of nitrogens with one attached hydrogen (secondary N) is 3. The maximum Gasteiger partial charge on any atom is 0.239 e. The second-order valence-corrected chi connectivity index (χ2v) is 3.35. The Hall–Kier alpha value is -1.26. The smallest absolute Gasteiger partial charge is 0.239 e. The van der Waals surface area contributed by atoms with E-state index < -0.39 is 0 Å². The number of carbonyl (C=O) groups is 1.